The molecule has 0 aliphatic rings. The number of hydrogen-bond acceptors (Lipinski definition) is 3. The Morgan fingerprint density at radius 2 is 1.79 bits per heavy atom. The first-order valence-corrected chi connectivity index (χ1v) is 11.2. The van der Waals surface area contributed by atoms with Crippen LogP contribution in [-0.2, 0) is 16.1 Å². The maximum Gasteiger partial charge on any atom is 0.242 e. The zero-order valence-electron chi connectivity index (χ0n) is 16.0. The third kappa shape index (κ3) is 7.15. The highest BCUT2D eigenvalue weighted by molar-refractivity contribution is 9.10. The topological polar surface area (TPSA) is 49.4 Å². The summed E-state index contributed by atoms with van der Waals surface area (Å²) in [6.45, 7) is 2.17. The second-order valence-electron chi connectivity index (χ2n) is 6.34. The van der Waals surface area contributed by atoms with Gasteiger partial charge in [-0.3, -0.25) is 9.59 Å². The number of carbonyl (C=O) groups excluding carboxylic acids is 2. The molecule has 2 amide bonds. The highest BCUT2D eigenvalue weighted by Gasteiger charge is 2.25. The molecule has 0 fully saturated rings. The average Bonchev–Trinajstić information content (AvgIpc) is 2.70. The summed E-state index contributed by atoms with van der Waals surface area (Å²) in [5.41, 5.74) is 0.989. The van der Waals surface area contributed by atoms with Crippen molar-refractivity contribution in [2.75, 3.05) is 12.8 Å². The Balaban J connectivity index is 1.94. The van der Waals surface area contributed by atoms with Crippen LogP contribution in [0.5, 0.6) is 0 Å². The van der Waals surface area contributed by atoms with Gasteiger partial charge in [0.1, 0.15) is 6.04 Å². The highest BCUT2D eigenvalue weighted by Crippen LogP contribution is 2.22. The minimum absolute atomic E-state index is 0.0178. The molecule has 0 radical (unpaired) electrons. The van der Waals surface area contributed by atoms with E-state index in [1.807, 2.05) is 48.5 Å². The van der Waals surface area contributed by atoms with E-state index in [2.05, 4.69) is 21.2 Å². The second-order valence-corrected chi connectivity index (χ2v) is 8.86. The first-order chi connectivity index (χ1) is 13.4. The standard InChI is InChI=1S/C21H24BrClN2O2S/c1-15(21(27)24-2)25(14-16-5-7-17(22)8-6-16)20(26)4-3-13-28-19-11-9-18(23)10-12-19/h5-12,15H,3-4,13-14H2,1-2H3,(H,24,27)/t15-/m1/s1. The summed E-state index contributed by atoms with van der Waals surface area (Å²) in [5, 5.41) is 3.35. The molecule has 0 aliphatic heterocycles. The van der Waals surface area contributed by atoms with E-state index in [4.69, 9.17) is 11.6 Å². The van der Waals surface area contributed by atoms with Gasteiger partial charge in [0.15, 0.2) is 0 Å². The monoisotopic (exact) mass is 482 g/mol. The zero-order chi connectivity index (χ0) is 20.5. The first kappa shape index (κ1) is 22.8. The van der Waals surface area contributed by atoms with Crippen LogP contribution in [0, 0.1) is 0 Å². The lowest BCUT2D eigenvalue weighted by molar-refractivity contribution is -0.140. The van der Waals surface area contributed by atoms with E-state index in [9.17, 15) is 9.59 Å². The number of carbonyl (C=O) groups is 2. The summed E-state index contributed by atoms with van der Waals surface area (Å²) in [6.07, 6.45) is 1.14. The third-order valence-corrected chi connectivity index (χ3v) is 6.18. The molecule has 7 heteroatoms. The number of nitrogens with zero attached hydrogens (tertiary/aromatic N) is 1. The van der Waals surface area contributed by atoms with E-state index >= 15 is 0 Å². The fourth-order valence-electron chi connectivity index (χ4n) is 2.67. The van der Waals surface area contributed by atoms with Gasteiger partial charge in [-0.1, -0.05) is 39.7 Å². The maximum absolute atomic E-state index is 12.8. The van der Waals surface area contributed by atoms with Gasteiger partial charge < -0.3 is 10.2 Å². The lowest BCUT2D eigenvalue weighted by atomic mass is 10.1. The van der Waals surface area contributed by atoms with E-state index in [0.29, 0.717) is 18.0 Å². The molecule has 28 heavy (non-hydrogen) atoms. The largest absolute Gasteiger partial charge is 0.357 e. The number of hydrogen-bond donors (Lipinski definition) is 1. The second kappa shape index (κ2) is 11.5. The number of amides is 2. The lowest BCUT2D eigenvalue weighted by Crippen LogP contribution is -2.46. The van der Waals surface area contributed by atoms with Crippen LogP contribution in [0.2, 0.25) is 5.02 Å². The summed E-state index contributed by atoms with van der Waals surface area (Å²) >= 11 is 11.0. The van der Waals surface area contributed by atoms with E-state index in [-0.39, 0.29) is 11.8 Å². The van der Waals surface area contributed by atoms with Crippen LogP contribution in [0.15, 0.2) is 57.9 Å². The number of halogens is 2. The molecular formula is C21H24BrClN2O2S. The quantitative estimate of drug-likeness (QED) is 0.397. The molecule has 150 valence electrons. The highest BCUT2D eigenvalue weighted by atomic mass is 79.9. The van der Waals surface area contributed by atoms with Gasteiger partial charge in [-0.2, -0.15) is 0 Å². The van der Waals surface area contributed by atoms with Crippen LogP contribution in [0.3, 0.4) is 0 Å². The first-order valence-electron chi connectivity index (χ1n) is 9.04. The number of likely N-dealkylation sites (N-methyl/N-ethyl adjacent to an activating group) is 1. The molecule has 2 aromatic carbocycles. The van der Waals surface area contributed by atoms with Crippen molar-refractivity contribution >= 4 is 51.1 Å². The van der Waals surface area contributed by atoms with Crippen molar-refractivity contribution in [1.29, 1.82) is 0 Å². The smallest absolute Gasteiger partial charge is 0.242 e. The number of benzene rings is 2. The van der Waals surface area contributed by atoms with Gasteiger partial charge in [0.2, 0.25) is 11.8 Å². The van der Waals surface area contributed by atoms with Gasteiger partial charge in [-0.25, -0.2) is 0 Å². The van der Waals surface area contributed by atoms with Crippen molar-refractivity contribution in [3.63, 3.8) is 0 Å². The molecule has 2 aromatic rings. The van der Waals surface area contributed by atoms with Crippen molar-refractivity contribution < 1.29 is 9.59 Å². The molecule has 0 bridgehead atoms. The molecule has 0 aromatic heterocycles. The van der Waals surface area contributed by atoms with Crippen molar-refractivity contribution in [2.24, 2.45) is 0 Å². The number of rotatable bonds is 9. The Bertz CT molecular complexity index is 784. The van der Waals surface area contributed by atoms with E-state index in [1.54, 1.807) is 30.6 Å². The van der Waals surface area contributed by atoms with Crippen LogP contribution in [0.25, 0.3) is 0 Å². The van der Waals surface area contributed by atoms with Crippen molar-refractivity contribution in [3.05, 3.63) is 63.6 Å². The molecule has 0 saturated heterocycles. The minimum Gasteiger partial charge on any atom is -0.357 e. The number of nitrogens with one attached hydrogen (secondary N) is 1. The number of thioether (sulfide) groups is 1. The van der Waals surface area contributed by atoms with Gasteiger partial charge in [0.25, 0.3) is 0 Å². The van der Waals surface area contributed by atoms with Gasteiger partial charge in [-0.05, 0) is 61.1 Å². The van der Waals surface area contributed by atoms with Crippen LogP contribution in [0.4, 0.5) is 0 Å². The lowest BCUT2D eigenvalue weighted by Gasteiger charge is -2.28. The zero-order valence-corrected chi connectivity index (χ0v) is 19.1. The Morgan fingerprint density at radius 3 is 2.39 bits per heavy atom. The predicted octanol–water partition coefficient (Wildman–Crippen LogP) is 5.14. The third-order valence-electron chi connectivity index (χ3n) is 4.30. The summed E-state index contributed by atoms with van der Waals surface area (Å²) in [6, 6.07) is 14.9. The maximum atomic E-state index is 12.8. The molecule has 0 unspecified atom stereocenters. The molecular weight excluding hydrogens is 460 g/mol. The minimum atomic E-state index is -0.523. The summed E-state index contributed by atoms with van der Waals surface area (Å²) < 4.78 is 0.979. The van der Waals surface area contributed by atoms with Gasteiger partial charge in [0, 0.05) is 34.4 Å². The van der Waals surface area contributed by atoms with Crippen LogP contribution >= 0.6 is 39.3 Å². The molecule has 1 atom stereocenters. The molecule has 0 heterocycles. The van der Waals surface area contributed by atoms with Crippen molar-refractivity contribution in [1.82, 2.24) is 10.2 Å². The van der Waals surface area contributed by atoms with E-state index < -0.39 is 6.04 Å². The van der Waals surface area contributed by atoms with Crippen LogP contribution in [0.1, 0.15) is 25.3 Å². The van der Waals surface area contributed by atoms with Crippen molar-refractivity contribution in [2.45, 2.75) is 37.2 Å². The van der Waals surface area contributed by atoms with Gasteiger partial charge in [0.05, 0.1) is 0 Å². The molecule has 2 rings (SSSR count). The molecule has 0 spiro atoms. The average molecular weight is 484 g/mol. The Labute approximate surface area is 184 Å². The van der Waals surface area contributed by atoms with Crippen LogP contribution in [-0.4, -0.2) is 35.6 Å². The summed E-state index contributed by atoms with van der Waals surface area (Å²) in [7, 11) is 1.59. The normalized spacial score (nSPS) is 11.7. The SMILES string of the molecule is CNC(=O)[C@@H](C)N(Cc1ccc(Br)cc1)C(=O)CCCSc1ccc(Cl)cc1. The molecule has 0 saturated carbocycles. The molecule has 4 nitrogen and oxygen atoms in total. The molecule has 0 aliphatic carbocycles. The Morgan fingerprint density at radius 1 is 1.14 bits per heavy atom. The Hall–Kier alpha value is -1.50. The van der Waals surface area contributed by atoms with Crippen molar-refractivity contribution in [3.8, 4) is 0 Å². The fraction of sp³-hybridized carbons (Fsp3) is 0.333. The molecule has 1 N–H and O–H groups in total. The van der Waals surface area contributed by atoms with E-state index in [1.165, 1.54) is 0 Å². The summed E-state index contributed by atoms with van der Waals surface area (Å²) in [4.78, 5) is 27.7. The van der Waals surface area contributed by atoms with E-state index in [0.717, 1.165) is 27.1 Å². The van der Waals surface area contributed by atoms with Gasteiger partial charge in [-0.15, -0.1) is 11.8 Å². The Kier molecular flexibility index (Phi) is 9.35. The summed E-state index contributed by atoms with van der Waals surface area (Å²) in [5.74, 6) is 0.644. The predicted molar refractivity (Wildman–Crippen MR) is 120 cm³/mol. The van der Waals surface area contributed by atoms with Gasteiger partial charge >= 0.3 is 0 Å². The van der Waals surface area contributed by atoms with Crippen LogP contribution < -0.4 is 5.32 Å². The fourth-order valence-corrected chi connectivity index (χ4v) is 3.91.